The topological polar surface area (TPSA) is 62.6 Å². The zero-order valence-electron chi connectivity index (χ0n) is 11.7. The van der Waals surface area contributed by atoms with Crippen molar-refractivity contribution in [2.45, 2.75) is 6.54 Å². The first kappa shape index (κ1) is 13.2. The van der Waals surface area contributed by atoms with Gasteiger partial charge in [-0.25, -0.2) is 9.78 Å². The molecule has 0 saturated heterocycles. The van der Waals surface area contributed by atoms with Crippen molar-refractivity contribution in [2.24, 2.45) is 0 Å². The van der Waals surface area contributed by atoms with Gasteiger partial charge in [-0.1, -0.05) is 12.1 Å². The predicted molar refractivity (Wildman–Crippen MR) is 75.0 cm³/mol. The summed E-state index contributed by atoms with van der Waals surface area (Å²) < 4.78 is 17.3. The van der Waals surface area contributed by atoms with Gasteiger partial charge in [0.2, 0.25) is 5.76 Å². The van der Waals surface area contributed by atoms with E-state index in [2.05, 4.69) is 4.98 Å². The largest absolute Gasteiger partial charge is 0.490 e. The first-order chi connectivity index (χ1) is 10.2. The zero-order valence-corrected chi connectivity index (χ0v) is 11.7. The lowest BCUT2D eigenvalue weighted by Gasteiger charge is -2.04. The van der Waals surface area contributed by atoms with Crippen LogP contribution in [-0.2, 0) is 25.5 Å². The second-order valence-electron chi connectivity index (χ2n) is 4.41. The highest BCUT2D eigenvalue weighted by Crippen LogP contribution is 2.27. The Morgan fingerprint density at radius 3 is 2.76 bits per heavy atom. The van der Waals surface area contributed by atoms with Gasteiger partial charge in [0.15, 0.2) is 5.76 Å². The number of hydrogen-bond acceptors (Lipinski definition) is 5. The number of methoxy groups -OCH3 is 2. The summed E-state index contributed by atoms with van der Waals surface area (Å²) in [7, 11) is 2.87. The summed E-state index contributed by atoms with van der Waals surface area (Å²) in [6, 6.07) is 7.81. The van der Waals surface area contributed by atoms with Gasteiger partial charge < -0.3 is 18.8 Å². The Hall–Kier alpha value is -2.76. The van der Waals surface area contributed by atoms with Crippen LogP contribution >= 0.6 is 0 Å². The Balaban J connectivity index is 1.90. The van der Waals surface area contributed by atoms with E-state index >= 15 is 0 Å². The van der Waals surface area contributed by atoms with E-state index < -0.39 is 5.97 Å². The lowest BCUT2D eigenvalue weighted by Crippen LogP contribution is -2.00. The van der Waals surface area contributed by atoms with E-state index in [1.165, 1.54) is 14.2 Å². The molecule has 1 aromatic heterocycles. The zero-order chi connectivity index (χ0) is 14.8. The minimum absolute atomic E-state index is 0.0826. The molecule has 108 valence electrons. The Kier molecular flexibility index (Phi) is 3.35. The number of carbonyl (C=O) groups excluding carboxylic acids is 1. The monoisotopic (exact) mass is 286 g/mol. The van der Waals surface area contributed by atoms with Crippen LogP contribution in [0.1, 0.15) is 0 Å². The Morgan fingerprint density at radius 1 is 1.24 bits per heavy atom. The van der Waals surface area contributed by atoms with E-state index in [0.29, 0.717) is 18.1 Å². The summed E-state index contributed by atoms with van der Waals surface area (Å²) >= 11 is 0. The number of allylic oxidation sites excluding steroid dienone is 1. The fourth-order valence-corrected chi connectivity index (χ4v) is 2.24. The summed E-state index contributed by atoms with van der Waals surface area (Å²) in [5, 5.41) is 0. The van der Waals surface area contributed by atoms with E-state index in [1.54, 1.807) is 12.4 Å². The molecule has 0 N–H and O–H groups in total. The third-order valence-electron chi connectivity index (χ3n) is 3.23. The maximum Gasteiger partial charge on any atom is 0.383 e. The quantitative estimate of drug-likeness (QED) is 0.804. The standard InChI is InChI=1S/C15H14N2O4/c1-19-13-12(21-15(18)14(13)20-2)7-8-17-9-16-10-5-3-4-6-11(10)17/h3-7,9H,8H2,1-2H3/b12-7+. The van der Waals surface area contributed by atoms with Crippen molar-refractivity contribution in [1.29, 1.82) is 0 Å². The molecule has 3 rings (SSSR count). The van der Waals surface area contributed by atoms with Crippen LogP contribution in [-0.4, -0.2) is 29.7 Å². The van der Waals surface area contributed by atoms with Crippen LogP contribution in [0.5, 0.6) is 0 Å². The van der Waals surface area contributed by atoms with E-state index in [1.807, 2.05) is 28.8 Å². The average molecular weight is 286 g/mol. The first-order valence-electron chi connectivity index (χ1n) is 6.39. The number of para-hydroxylation sites is 2. The molecule has 6 nitrogen and oxygen atoms in total. The molecule has 0 radical (unpaired) electrons. The molecule has 0 atom stereocenters. The average Bonchev–Trinajstić information content (AvgIpc) is 3.05. The summed E-state index contributed by atoms with van der Waals surface area (Å²) in [5.41, 5.74) is 1.92. The maximum absolute atomic E-state index is 11.6. The minimum Gasteiger partial charge on any atom is -0.490 e. The van der Waals surface area contributed by atoms with Crippen molar-refractivity contribution in [3.63, 3.8) is 0 Å². The number of esters is 1. The van der Waals surface area contributed by atoms with Crippen LogP contribution in [0.3, 0.4) is 0 Å². The summed E-state index contributed by atoms with van der Waals surface area (Å²) in [6.45, 7) is 0.507. The SMILES string of the molecule is COC1=C(OC)/C(=C\Cn2cnc3ccccc32)OC1=O. The van der Waals surface area contributed by atoms with Gasteiger partial charge in [-0.05, 0) is 18.2 Å². The highest BCUT2D eigenvalue weighted by molar-refractivity contribution is 5.91. The van der Waals surface area contributed by atoms with E-state index in [-0.39, 0.29) is 5.76 Å². The van der Waals surface area contributed by atoms with Gasteiger partial charge in [-0.2, -0.15) is 0 Å². The van der Waals surface area contributed by atoms with Crippen molar-refractivity contribution in [3.05, 3.63) is 53.9 Å². The second kappa shape index (κ2) is 5.32. The van der Waals surface area contributed by atoms with Crippen molar-refractivity contribution >= 4 is 17.0 Å². The van der Waals surface area contributed by atoms with Crippen molar-refractivity contribution in [3.8, 4) is 0 Å². The van der Waals surface area contributed by atoms with E-state index in [9.17, 15) is 4.79 Å². The van der Waals surface area contributed by atoms with E-state index in [4.69, 9.17) is 14.2 Å². The van der Waals surface area contributed by atoms with Crippen LogP contribution < -0.4 is 0 Å². The fourth-order valence-electron chi connectivity index (χ4n) is 2.24. The van der Waals surface area contributed by atoms with Crippen LogP contribution in [0, 0.1) is 0 Å². The number of cyclic esters (lactones) is 1. The highest BCUT2D eigenvalue weighted by Gasteiger charge is 2.32. The predicted octanol–water partition coefficient (Wildman–Crippen LogP) is 1.98. The van der Waals surface area contributed by atoms with Gasteiger partial charge in [0.05, 0.1) is 31.6 Å². The number of imidazole rings is 1. The minimum atomic E-state index is -0.545. The molecule has 21 heavy (non-hydrogen) atoms. The van der Waals surface area contributed by atoms with Crippen molar-refractivity contribution < 1.29 is 19.0 Å². The highest BCUT2D eigenvalue weighted by atomic mass is 16.6. The molecule has 1 aliphatic heterocycles. The molecule has 2 aromatic rings. The molecule has 1 aromatic carbocycles. The van der Waals surface area contributed by atoms with Crippen LogP contribution in [0.4, 0.5) is 0 Å². The Bertz CT molecular complexity index is 758. The number of nitrogens with zero attached hydrogens (tertiary/aromatic N) is 2. The van der Waals surface area contributed by atoms with Crippen LogP contribution in [0.25, 0.3) is 11.0 Å². The Morgan fingerprint density at radius 2 is 2.00 bits per heavy atom. The maximum atomic E-state index is 11.6. The fraction of sp³-hybridized carbons (Fsp3) is 0.200. The normalized spacial score (nSPS) is 16.7. The molecule has 0 spiro atoms. The lowest BCUT2D eigenvalue weighted by atomic mass is 10.3. The smallest absolute Gasteiger partial charge is 0.383 e. The summed E-state index contributed by atoms with van der Waals surface area (Å²) in [5.74, 6) is 0.208. The molecule has 0 saturated carbocycles. The van der Waals surface area contributed by atoms with Gasteiger partial charge in [-0.15, -0.1) is 0 Å². The van der Waals surface area contributed by atoms with Gasteiger partial charge in [0, 0.05) is 6.54 Å². The molecule has 0 fully saturated rings. The number of hydrogen-bond donors (Lipinski definition) is 0. The number of aromatic nitrogens is 2. The van der Waals surface area contributed by atoms with Crippen molar-refractivity contribution in [2.75, 3.05) is 14.2 Å². The van der Waals surface area contributed by atoms with Crippen LogP contribution in [0.15, 0.2) is 53.9 Å². The third kappa shape index (κ3) is 2.24. The van der Waals surface area contributed by atoms with E-state index in [0.717, 1.165) is 11.0 Å². The van der Waals surface area contributed by atoms with Gasteiger partial charge in [0.1, 0.15) is 0 Å². The van der Waals surface area contributed by atoms with Gasteiger partial charge in [-0.3, -0.25) is 0 Å². The summed E-state index contributed by atoms with van der Waals surface area (Å²) in [4.78, 5) is 15.9. The second-order valence-corrected chi connectivity index (χ2v) is 4.41. The molecule has 1 aliphatic rings. The number of benzene rings is 1. The number of ether oxygens (including phenoxy) is 3. The van der Waals surface area contributed by atoms with Gasteiger partial charge in [0.25, 0.3) is 5.76 Å². The third-order valence-corrected chi connectivity index (χ3v) is 3.23. The molecule has 0 unspecified atom stereocenters. The van der Waals surface area contributed by atoms with Crippen LogP contribution in [0.2, 0.25) is 0 Å². The van der Waals surface area contributed by atoms with Crippen molar-refractivity contribution in [1.82, 2.24) is 9.55 Å². The molecule has 0 amide bonds. The molecular weight excluding hydrogens is 272 g/mol. The molecule has 6 heteroatoms. The molecule has 0 bridgehead atoms. The number of carbonyl (C=O) groups is 1. The molecule has 0 aliphatic carbocycles. The van der Waals surface area contributed by atoms with Gasteiger partial charge >= 0.3 is 5.97 Å². The first-order valence-corrected chi connectivity index (χ1v) is 6.39. The number of rotatable bonds is 4. The summed E-state index contributed by atoms with van der Waals surface area (Å²) in [6.07, 6.45) is 3.50. The molecule has 2 heterocycles. The lowest BCUT2D eigenvalue weighted by molar-refractivity contribution is -0.136. The molecular formula is C15H14N2O4. The number of fused-ring (bicyclic) bond motifs is 1. The Labute approximate surface area is 121 Å².